The molecule has 2 nitrogen and oxygen atoms in total. The Balaban J connectivity index is 2.12. The summed E-state index contributed by atoms with van der Waals surface area (Å²) in [7, 11) is 0. The third-order valence-electron chi connectivity index (χ3n) is 2.20. The first-order valence-electron chi connectivity index (χ1n) is 5.07. The quantitative estimate of drug-likeness (QED) is 0.552. The maximum Gasteiger partial charge on any atom is 0.0748 e. The summed E-state index contributed by atoms with van der Waals surface area (Å²) in [6, 6.07) is 9.32. The number of hydrogen-bond acceptors (Lipinski definition) is 3. The Bertz CT molecular complexity index is 596. The molecule has 18 heavy (non-hydrogen) atoms. The van der Waals surface area contributed by atoms with E-state index in [1.165, 1.54) is 0 Å². The first-order valence-corrected chi connectivity index (χ1v) is 7.44. The van der Waals surface area contributed by atoms with Crippen LogP contribution in [-0.4, -0.2) is 5.71 Å². The minimum atomic E-state index is 0.508. The maximum atomic E-state index is 5.92. The van der Waals surface area contributed by atoms with Crippen LogP contribution in [-0.2, 0) is 0 Å². The van der Waals surface area contributed by atoms with Gasteiger partial charge in [-0.25, -0.2) is 0 Å². The molecule has 0 radical (unpaired) electrons. The Morgan fingerprint density at radius 1 is 1.22 bits per heavy atom. The molecule has 6 heteroatoms. The zero-order chi connectivity index (χ0) is 13.1. The van der Waals surface area contributed by atoms with Crippen LogP contribution in [0, 0.1) is 0 Å². The predicted octanol–water partition coefficient (Wildman–Crippen LogP) is 5.65. The third-order valence-corrected chi connectivity index (χ3v) is 4.67. The van der Waals surface area contributed by atoms with E-state index >= 15 is 0 Å². The molecule has 0 atom stereocenters. The molecule has 0 saturated heterocycles. The van der Waals surface area contributed by atoms with Crippen LogP contribution in [0.5, 0.6) is 0 Å². The van der Waals surface area contributed by atoms with Crippen molar-refractivity contribution in [1.82, 2.24) is 0 Å². The summed E-state index contributed by atoms with van der Waals surface area (Å²) in [5.74, 6) is 0. The highest BCUT2D eigenvalue weighted by molar-refractivity contribution is 9.11. The number of benzene rings is 1. The topological polar surface area (TPSA) is 24.4 Å². The average molecular weight is 364 g/mol. The monoisotopic (exact) mass is 362 g/mol. The molecular formula is C12H9BrCl2N2S. The van der Waals surface area contributed by atoms with Gasteiger partial charge in [0, 0.05) is 0 Å². The SMILES string of the molecule is C/C(=N/Nc1ccc(Cl)c(Cl)c1)c1ccc(Br)s1. The standard InChI is InChI=1S/C12H9BrCl2N2S/c1-7(11-4-5-12(13)18-11)16-17-8-2-3-9(14)10(15)6-8/h2-6,17H,1H3/b16-7-. The Morgan fingerprint density at radius 2 is 2.00 bits per heavy atom. The maximum absolute atomic E-state index is 5.92. The second-order valence-electron chi connectivity index (χ2n) is 3.54. The highest BCUT2D eigenvalue weighted by Crippen LogP contribution is 2.25. The van der Waals surface area contributed by atoms with Gasteiger partial charge in [-0.1, -0.05) is 23.2 Å². The molecule has 2 rings (SSSR count). The number of hydrogen-bond donors (Lipinski definition) is 1. The van der Waals surface area contributed by atoms with Gasteiger partial charge in [0.25, 0.3) is 0 Å². The van der Waals surface area contributed by atoms with Crippen molar-refractivity contribution in [1.29, 1.82) is 0 Å². The van der Waals surface area contributed by atoms with E-state index in [9.17, 15) is 0 Å². The number of halogens is 3. The normalized spacial score (nSPS) is 11.7. The van der Waals surface area contributed by atoms with E-state index in [2.05, 4.69) is 26.5 Å². The second-order valence-corrected chi connectivity index (χ2v) is 6.82. The van der Waals surface area contributed by atoms with Crippen molar-refractivity contribution in [3.8, 4) is 0 Å². The van der Waals surface area contributed by atoms with Crippen molar-refractivity contribution in [2.75, 3.05) is 5.43 Å². The van der Waals surface area contributed by atoms with Crippen LogP contribution in [0.1, 0.15) is 11.8 Å². The van der Waals surface area contributed by atoms with Gasteiger partial charge in [-0.3, -0.25) is 5.43 Å². The van der Waals surface area contributed by atoms with E-state index in [0.29, 0.717) is 10.0 Å². The summed E-state index contributed by atoms with van der Waals surface area (Å²) in [5, 5.41) is 5.34. The van der Waals surface area contributed by atoms with E-state index in [-0.39, 0.29) is 0 Å². The summed E-state index contributed by atoms with van der Waals surface area (Å²) in [6.07, 6.45) is 0. The van der Waals surface area contributed by atoms with Gasteiger partial charge in [0.15, 0.2) is 0 Å². The number of hydrazone groups is 1. The Hall–Kier alpha value is -0.550. The predicted molar refractivity (Wildman–Crippen MR) is 84.3 cm³/mol. The number of thiophene rings is 1. The fourth-order valence-corrected chi connectivity index (χ4v) is 2.91. The lowest BCUT2D eigenvalue weighted by Crippen LogP contribution is -1.97. The summed E-state index contributed by atoms with van der Waals surface area (Å²) in [6.45, 7) is 1.95. The van der Waals surface area contributed by atoms with Crippen LogP contribution in [0.3, 0.4) is 0 Å². The fourth-order valence-electron chi connectivity index (χ4n) is 1.28. The van der Waals surface area contributed by atoms with Gasteiger partial charge < -0.3 is 0 Å². The summed E-state index contributed by atoms with van der Waals surface area (Å²) in [4.78, 5) is 1.11. The number of nitrogens with one attached hydrogen (secondary N) is 1. The van der Waals surface area contributed by atoms with Gasteiger partial charge in [-0.2, -0.15) is 5.10 Å². The van der Waals surface area contributed by atoms with Crippen LogP contribution in [0.4, 0.5) is 5.69 Å². The Morgan fingerprint density at radius 3 is 2.61 bits per heavy atom. The molecular weight excluding hydrogens is 355 g/mol. The zero-order valence-corrected chi connectivity index (χ0v) is 13.3. The van der Waals surface area contributed by atoms with Crippen molar-refractivity contribution in [3.05, 3.63) is 49.0 Å². The number of nitrogens with zero attached hydrogens (tertiary/aromatic N) is 1. The van der Waals surface area contributed by atoms with Gasteiger partial charge >= 0.3 is 0 Å². The molecule has 94 valence electrons. The first-order chi connectivity index (χ1) is 8.56. The van der Waals surface area contributed by atoms with Gasteiger partial charge in [0.1, 0.15) is 0 Å². The van der Waals surface area contributed by atoms with Crippen LogP contribution >= 0.6 is 50.5 Å². The van der Waals surface area contributed by atoms with Crippen LogP contribution in [0.15, 0.2) is 39.2 Å². The van der Waals surface area contributed by atoms with Crippen molar-refractivity contribution in [2.24, 2.45) is 5.10 Å². The zero-order valence-electron chi connectivity index (χ0n) is 9.38. The lowest BCUT2D eigenvalue weighted by molar-refractivity contribution is 1.33. The molecule has 0 unspecified atom stereocenters. The molecule has 0 amide bonds. The van der Waals surface area contributed by atoms with Crippen molar-refractivity contribution in [2.45, 2.75) is 6.92 Å². The first kappa shape index (κ1) is 13.9. The molecule has 0 spiro atoms. The molecule has 0 fully saturated rings. The molecule has 0 bridgehead atoms. The average Bonchev–Trinajstić information content (AvgIpc) is 2.77. The molecule has 1 N–H and O–H groups in total. The molecule has 0 aliphatic heterocycles. The van der Waals surface area contributed by atoms with Gasteiger partial charge in [0.05, 0.1) is 30.1 Å². The van der Waals surface area contributed by atoms with E-state index in [4.69, 9.17) is 23.2 Å². The van der Waals surface area contributed by atoms with Crippen LogP contribution < -0.4 is 5.43 Å². The smallest absolute Gasteiger partial charge is 0.0748 e. The molecule has 1 heterocycles. The lowest BCUT2D eigenvalue weighted by Gasteiger charge is -2.03. The van der Waals surface area contributed by atoms with E-state index in [0.717, 1.165) is 20.1 Å². The van der Waals surface area contributed by atoms with Gasteiger partial charge in [-0.15, -0.1) is 11.3 Å². The minimum absolute atomic E-state index is 0.508. The van der Waals surface area contributed by atoms with E-state index in [1.54, 1.807) is 23.5 Å². The number of anilines is 1. The highest BCUT2D eigenvalue weighted by atomic mass is 79.9. The summed E-state index contributed by atoms with van der Waals surface area (Å²) < 4.78 is 1.08. The number of rotatable bonds is 3. The Kier molecular flexibility index (Phi) is 4.67. The summed E-state index contributed by atoms with van der Waals surface area (Å²) >= 11 is 16.8. The van der Waals surface area contributed by atoms with Crippen molar-refractivity contribution in [3.63, 3.8) is 0 Å². The second kappa shape index (κ2) is 6.06. The molecule has 1 aromatic carbocycles. The fraction of sp³-hybridized carbons (Fsp3) is 0.0833. The van der Waals surface area contributed by atoms with Gasteiger partial charge in [0.2, 0.25) is 0 Å². The van der Waals surface area contributed by atoms with E-state index < -0.39 is 0 Å². The largest absolute Gasteiger partial charge is 0.278 e. The van der Waals surface area contributed by atoms with Crippen molar-refractivity contribution >= 4 is 61.9 Å². The molecule has 2 aromatic rings. The minimum Gasteiger partial charge on any atom is -0.278 e. The Labute approximate surface area is 128 Å². The third kappa shape index (κ3) is 3.48. The van der Waals surface area contributed by atoms with Crippen LogP contribution in [0.25, 0.3) is 0 Å². The molecule has 1 aromatic heterocycles. The van der Waals surface area contributed by atoms with Crippen molar-refractivity contribution < 1.29 is 0 Å². The van der Waals surface area contributed by atoms with Crippen LogP contribution in [0.2, 0.25) is 10.0 Å². The van der Waals surface area contributed by atoms with E-state index in [1.807, 2.05) is 25.1 Å². The molecule has 0 saturated carbocycles. The summed E-state index contributed by atoms with van der Waals surface area (Å²) in [5.41, 5.74) is 4.68. The lowest BCUT2D eigenvalue weighted by atomic mass is 10.3. The molecule has 0 aliphatic rings. The highest BCUT2D eigenvalue weighted by Gasteiger charge is 2.02. The molecule has 0 aliphatic carbocycles. The van der Waals surface area contributed by atoms with Gasteiger partial charge in [-0.05, 0) is 53.2 Å².